The summed E-state index contributed by atoms with van der Waals surface area (Å²) in [6.45, 7) is 2.15. The second kappa shape index (κ2) is 8.55. The number of carbonyl (C=O) groups is 1. The first kappa shape index (κ1) is 19.4. The Morgan fingerprint density at radius 2 is 1.89 bits per heavy atom. The molecule has 0 aliphatic carbocycles. The van der Waals surface area contributed by atoms with E-state index in [0.29, 0.717) is 17.9 Å². The van der Waals surface area contributed by atoms with Gasteiger partial charge in [-0.2, -0.15) is 0 Å². The number of aliphatic hydroxyl groups excluding tert-OH is 1. The lowest BCUT2D eigenvalue weighted by Gasteiger charge is -2.43. The molecule has 5 nitrogen and oxygen atoms in total. The molecule has 1 heterocycles. The lowest BCUT2D eigenvalue weighted by molar-refractivity contribution is 0.0138. The first-order valence-electron chi connectivity index (χ1n) is 9.39. The molecule has 1 fully saturated rings. The Bertz CT molecular complexity index is 763. The number of ether oxygens (including phenoxy) is 1. The Morgan fingerprint density at radius 3 is 2.59 bits per heavy atom. The van der Waals surface area contributed by atoms with E-state index >= 15 is 0 Å². The standard InChI is InChI=1S/C22H28N2O3/c1-23(2)15-22(17-25)12-7-13-24(16-22)21(26)18-8-6-11-20(14-18)27-19-9-4-3-5-10-19/h3-6,8-11,14,25H,7,12-13,15-17H2,1-2H3/t22-/m1/s1. The van der Waals surface area contributed by atoms with Crippen LogP contribution in [0.4, 0.5) is 0 Å². The first-order valence-corrected chi connectivity index (χ1v) is 9.39. The topological polar surface area (TPSA) is 53.0 Å². The van der Waals surface area contributed by atoms with Gasteiger partial charge in [0.1, 0.15) is 11.5 Å². The van der Waals surface area contributed by atoms with Crippen molar-refractivity contribution in [3.63, 3.8) is 0 Å². The van der Waals surface area contributed by atoms with Crippen LogP contribution in [0.2, 0.25) is 0 Å². The second-order valence-corrected chi connectivity index (χ2v) is 7.67. The van der Waals surface area contributed by atoms with Crippen LogP contribution in [0.15, 0.2) is 54.6 Å². The number of likely N-dealkylation sites (tertiary alicyclic amines) is 1. The van der Waals surface area contributed by atoms with E-state index in [2.05, 4.69) is 4.90 Å². The van der Waals surface area contributed by atoms with E-state index in [1.54, 1.807) is 6.07 Å². The van der Waals surface area contributed by atoms with Crippen LogP contribution < -0.4 is 4.74 Å². The molecule has 1 N–H and O–H groups in total. The third-order valence-corrected chi connectivity index (χ3v) is 5.00. The van der Waals surface area contributed by atoms with E-state index in [-0.39, 0.29) is 17.9 Å². The Kier molecular flexibility index (Phi) is 6.14. The average Bonchev–Trinajstić information content (AvgIpc) is 2.68. The van der Waals surface area contributed by atoms with Gasteiger partial charge in [-0.3, -0.25) is 4.79 Å². The maximum absolute atomic E-state index is 13.1. The molecular weight excluding hydrogens is 340 g/mol. The van der Waals surface area contributed by atoms with Crippen molar-refractivity contribution in [1.29, 1.82) is 0 Å². The number of hydrogen-bond donors (Lipinski definition) is 1. The van der Waals surface area contributed by atoms with Crippen LogP contribution in [0.3, 0.4) is 0 Å². The van der Waals surface area contributed by atoms with Gasteiger partial charge in [-0.15, -0.1) is 0 Å². The van der Waals surface area contributed by atoms with Gasteiger partial charge in [-0.25, -0.2) is 0 Å². The number of aliphatic hydroxyl groups is 1. The highest BCUT2D eigenvalue weighted by Gasteiger charge is 2.37. The van der Waals surface area contributed by atoms with Crippen molar-refractivity contribution in [2.75, 3.05) is 40.3 Å². The van der Waals surface area contributed by atoms with Gasteiger partial charge < -0.3 is 19.6 Å². The third-order valence-electron chi connectivity index (χ3n) is 5.00. The average molecular weight is 368 g/mol. The molecule has 3 rings (SSSR count). The minimum atomic E-state index is -0.254. The lowest BCUT2D eigenvalue weighted by atomic mass is 9.80. The summed E-state index contributed by atoms with van der Waals surface area (Å²) in [6, 6.07) is 16.8. The van der Waals surface area contributed by atoms with Crippen LogP contribution >= 0.6 is 0 Å². The van der Waals surface area contributed by atoms with E-state index < -0.39 is 0 Å². The van der Waals surface area contributed by atoms with Crippen LogP contribution in [-0.4, -0.2) is 61.2 Å². The van der Waals surface area contributed by atoms with Crippen LogP contribution in [-0.2, 0) is 0 Å². The minimum absolute atomic E-state index is 0.00945. The molecule has 27 heavy (non-hydrogen) atoms. The van der Waals surface area contributed by atoms with Crippen LogP contribution in [0.1, 0.15) is 23.2 Å². The monoisotopic (exact) mass is 368 g/mol. The van der Waals surface area contributed by atoms with Crippen LogP contribution in [0.5, 0.6) is 11.5 Å². The molecule has 2 aromatic rings. The van der Waals surface area contributed by atoms with E-state index in [1.165, 1.54) is 0 Å². The first-order chi connectivity index (χ1) is 13.0. The fourth-order valence-corrected chi connectivity index (χ4v) is 3.86. The third kappa shape index (κ3) is 4.87. The molecule has 1 amide bonds. The lowest BCUT2D eigenvalue weighted by Crippen LogP contribution is -2.51. The predicted molar refractivity (Wildman–Crippen MR) is 106 cm³/mol. The van der Waals surface area contributed by atoms with Gasteiger partial charge in [0.15, 0.2) is 0 Å². The Hall–Kier alpha value is -2.37. The molecule has 1 saturated heterocycles. The van der Waals surface area contributed by atoms with Crippen molar-refractivity contribution in [2.24, 2.45) is 5.41 Å². The molecule has 2 aromatic carbocycles. The number of hydrogen-bond acceptors (Lipinski definition) is 4. The summed E-state index contributed by atoms with van der Waals surface area (Å²) in [7, 11) is 4.01. The van der Waals surface area contributed by atoms with Crippen LogP contribution in [0.25, 0.3) is 0 Å². The molecule has 0 spiro atoms. The minimum Gasteiger partial charge on any atom is -0.457 e. The summed E-state index contributed by atoms with van der Waals surface area (Å²) in [6.07, 6.45) is 1.84. The number of carbonyl (C=O) groups excluding carboxylic acids is 1. The van der Waals surface area contributed by atoms with Gasteiger partial charge in [0, 0.05) is 30.6 Å². The van der Waals surface area contributed by atoms with Crippen molar-refractivity contribution in [1.82, 2.24) is 9.80 Å². The van der Waals surface area contributed by atoms with E-state index in [9.17, 15) is 9.90 Å². The van der Waals surface area contributed by atoms with Crippen molar-refractivity contribution in [3.05, 3.63) is 60.2 Å². The fraction of sp³-hybridized carbons (Fsp3) is 0.409. The second-order valence-electron chi connectivity index (χ2n) is 7.67. The van der Waals surface area contributed by atoms with Crippen LogP contribution in [0, 0.1) is 5.41 Å². The Labute approximate surface area is 161 Å². The number of benzene rings is 2. The van der Waals surface area contributed by atoms with E-state index in [0.717, 1.165) is 31.7 Å². The largest absolute Gasteiger partial charge is 0.457 e. The van der Waals surface area contributed by atoms with Crippen molar-refractivity contribution in [2.45, 2.75) is 12.8 Å². The number of piperidine rings is 1. The summed E-state index contributed by atoms with van der Waals surface area (Å²) in [4.78, 5) is 17.0. The van der Waals surface area contributed by atoms with Gasteiger partial charge >= 0.3 is 0 Å². The molecule has 0 aromatic heterocycles. The molecule has 144 valence electrons. The summed E-state index contributed by atoms with van der Waals surface area (Å²) in [5, 5.41) is 9.98. The van der Waals surface area contributed by atoms with Crippen molar-refractivity contribution < 1.29 is 14.6 Å². The maximum atomic E-state index is 13.1. The molecule has 5 heteroatoms. The molecule has 1 aliphatic rings. The van der Waals surface area contributed by atoms with Gasteiger partial charge in [0.05, 0.1) is 6.61 Å². The molecule has 0 radical (unpaired) electrons. The van der Waals surface area contributed by atoms with Gasteiger partial charge in [-0.05, 0) is 57.3 Å². The van der Waals surface area contributed by atoms with Crippen molar-refractivity contribution in [3.8, 4) is 11.5 Å². The molecule has 0 unspecified atom stereocenters. The van der Waals surface area contributed by atoms with Gasteiger partial charge in [-0.1, -0.05) is 24.3 Å². The molecule has 0 saturated carbocycles. The molecular formula is C22H28N2O3. The smallest absolute Gasteiger partial charge is 0.254 e. The van der Waals surface area contributed by atoms with E-state index in [1.807, 2.05) is 67.5 Å². The molecule has 0 bridgehead atoms. The van der Waals surface area contributed by atoms with Crippen molar-refractivity contribution >= 4 is 5.91 Å². The number of nitrogens with zero attached hydrogens (tertiary/aromatic N) is 2. The number of para-hydroxylation sites is 1. The zero-order valence-corrected chi connectivity index (χ0v) is 16.1. The quantitative estimate of drug-likeness (QED) is 0.850. The number of amides is 1. The summed E-state index contributed by atoms with van der Waals surface area (Å²) in [5.74, 6) is 1.38. The zero-order valence-electron chi connectivity index (χ0n) is 16.1. The van der Waals surface area contributed by atoms with Gasteiger partial charge in [0.2, 0.25) is 0 Å². The number of rotatable bonds is 6. The predicted octanol–water partition coefficient (Wildman–Crippen LogP) is 3.26. The summed E-state index contributed by atoms with van der Waals surface area (Å²) >= 11 is 0. The Balaban J connectivity index is 1.74. The fourth-order valence-electron chi connectivity index (χ4n) is 3.86. The highest BCUT2D eigenvalue weighted by molar-refractivity contribution is 5.94. The Morgan fingerprint density at radius 1 is 1.15 bits per heavy atom. The normalized spacial score (nSPS) is 19.9. The molecule has 1 atom stereocenters. The maximum Gasteiger partial charge on any atom is 0.254 e. The highest BCUT2D eigenvalue weighted by atomic mass is 16.5. The highest BCUT2D eigenvalue weighted by Crippen LogP contribution is 2.31. The van der Waals surface area contributed by atoms with Gasteiger partial charge in [0.25, 0.3) is 5.91 Å². The SMILES string of the molecule is CN(C)C[C@]1(CO)CCCN(C(=O)c2cccc(Oc3ccccc3)c2)C1. The summed E-state index contributed by atoms with van der Waals surface area (Å²) in [5.41, 5.74) is 0.359. The van der Waals surface area contributed by atoms with E-state index in [4.69, 9.17) is 4.74 Å². The molecule has 1 aliphatic heterocycles. The summed E-state index contributed by atoms with van der Waals surface area (Å²) < 4.78 is 5.85. The zero-order chi connectivity index (χ0) is 19.3.